The molecule has 0 saturated carbocycles. The average molecular weight is 381 g/mol. The Bertz CT molecular complexity index is 733. The highest BCUT2D eigenvalue weighted by atomic mass is 32.1. The smallest absolute Gasteiger partial charge is 0.375 e. The summed E-state index contributed by atoms with van der Waals surface area (Å²) in [5, 5.41) is 6.04. The van der Waals surface area contributed by atoms with Gasteiger partial charge in [-0.3, -0.25) is 0 Å². The fourth-order valence-electron chi connectivity index (χ4n) is 2.41. The van der Waals surface area contributed by atoms with E-state index in [1.54, 1.807) is 13.1 Å². The summed E-state index contributed by atoms with van der Waals surface area (Å²) < 4.78 is 39.8. The molecule has 0 amide bonds. The Morgan fingerprint density at radius 1 is 1.04 bits per heavy atom. The number of unbranched alkanes of at least 4 members (excludes halogenated alkanes) is 1. The Morgan fingerprint density at radius 3 is 2.31 bits per heavy atom. The van der Waals surface area contributed by atoms with Gasteiger partial charge in [-0.15, -0.1) is 0 Å². The van der Waals surface area contributed by atoms with Crippen molar-refractivity contribution in [1.29, 1.82) is 0 Å². The molecule has 2 aromatic rings. The van der Waals surface area contributed by atoms with E-state index >= 15 is 0 Å². The predicted molar refractivity (Wildman–Crippen MR) is 106 cm³/mol. The largest absolute Gasteiger partial charge is 0.416 e. The van der Waals surface area contributed by atoms with E-state index in [2.05, 4.69) is 10.6 Å². The van der Waals surface area contributed by atoms with E-state index in [9.17, 15) is 13.2 Å². The lowest BCUT2D eigenvalue weighted by molar-refractivity contribution is -0.137. The fourth-order valence-corrected chi connectivity index (χ4v) is 2.64. The molecule has 0 aliphatic heterocycles. The number of benzene rings is 2. The monoisotopic (exact) mass is 381 g/mol. The van der Waals surface area contributed by atoms with Crippen LogP contribution in [0.4, 0.5) is 30.2 Å². The van der Waals surface area contributed by atoms with Crippen LogP contribution in [0.25, 0.3) is 0 Å². The zero-order chi connectivity index (χ0) is 19.2. The summed E-state index contributed by atoms with van der Waals surface area (Å²) in [6.45, 7) is 2.73. The summed E-state index contributed by atoms with van der Waals surface area (Å²) in [5.74, 6) is 0. The third kappa shape index (κ3) is 5.91. The fraction of sp³-hybridized carbons (Fsp3) is 0.316. The van der Waals surface area contributed by atoms with Crippen molar-refractivity contribution < 1.29 is 13.2 Å². The van der Waals surface area contributed by atoms with E-state index in [1.165, 1.54) is 0 Å². The van der Waals surface area contributed by atoms with Crippen molar-refractivity contribution in [3.05, 3.63) is 54.1 Å². The molecule has 0 spiro atoms. The molecule has 0 fully saturated rings. The SMILES string of the molecule is CCCCN(C)c1cc(NC(=S)Nc2ccccc2)cc(C(F)(F)F)c1. The van der Waals surface area contributed by atoms with Gasteiger partial charge in [-0.2, -0.15) is 13.2 Å². The number of thiocarbonyl (C=S) groups is 1. The molecule has 0 bridgehead atoms. The van der Waals surface area contributed by atoms with Crippen LogP contribution < -0.4 is 15.5 Å². The molecule has 2 aromatic carbocycles. The van der Waals surface area contributed by atoms with E-state index in [0.29, 0.717) is 17.9 Å². The molecule has 3 nitrogen and oxygen atoms in total. The standard InChI is InChI=1S/C19H22F3N3S/c1-3-4-10-25(2)17-12-14(19(20,21)22)11-16(13-17)24-18(26)23-15-8-6-5-7-9-15/h5-9,11-13H,3-4,10H2,1-2H3,(H2,23,24,26). The molecule has 0 radical (unpaired) electrons. The van der Waals surface area contributed by atoms with Gasteiger partial charge in [-0.1, -0.05) is 31.5 Å². The molecule has 26 heavy (non-hydrogen) atoms. The molecule has 0 saturated heterocycles. The van der Waals surface area contributed by atoms with Gasteiger partial charge in [0.25, 0.3) is 0 Å². The molecule has 0 unspecified atom stereocenters. The van der Waals surface area contributed by atoms with Crippen molar-refractivity contribution in [3.63, 3.8) is 0 Å². The molecule has 0 aliphatic rings. The minimum Gasteiger partial charge on any atom is -0.375 e. The normalized spacial score (nSPS) is 11.1. The van der Waals surface area contributed by atoms with Crippen LogP contribution in [0.2, 0.25) is 0 Å². The Balaban J connectivity index is 2.21. The van der Waals surface area contributed by atoms with Gasteiger partial charge in [0.1, 0.15) is 0 Å². The van der Waals surface area contributed by atoms with Gasteiger partial charge < -0.3 is 15.5 Å². The van der Waals surface area contributed by atoms with Gasteiger partial charge in [0.2, 0.25) is 0 Å². The first-order valence-electron chi connectivity index (χ1n) is 8.36. The van der Waals surface area contributed by atoms with E-state index in [-0.39, 0.29) is 5.11 Å². The molecular formula is C19H22F3N3S. The van der Waals surface area contributed by atoms with Gasteiger partial charge in [-0.05, 0) is 49.0 Å². The lowest BCUT2D eigenvalue weighted by Gasteiger charge is -2.22. The number of hydrogen-bond donors (Lipinski definition) is 2. The molecule has 0 aliphatic carbocycles. The topological polar surface area (TPSA) is 27.3 Å². The Kier molecular flexibility index (Phi) is 6.85. The summed E-state index contributed by atoms with van der Waals surface area (Å²) in [4.78, 5) is 1.82. The summed E-state index contributed by atoms with van der Waals surface area (Å²) >= 11 is 5.22. The second-order valence-electron chi connectivity index (χ2n) is 5.99. The predicted octanol–water partition coefficient (Wildman–Crippen LogP) is 5.75. The van der Waals surface area contributed by atoms with Crippen LogP contribution in [0, 0.1) is 0 Å². The minimum absolute atomic E-state index is 0.234. The second kappa shape index (κ2) is 8.89. The molecule has 0 aromatic heterocycles. The average Bonchev–Trinajstić information content (AvgIpc) is 2.59. The van der Waals surface area contributed by atoms with Gasteiger partial charge >= 0.3 is 6.18 Å². The van der Waals surface area contributed by atoms with Crippen LogP contribution in [0.1, 0.15) is 25.3 Å². The van der Waals surface area contributed by atoms with E-state index < -0.39 is 11.7 Å². The van der Waals surface area contributed by atoms with Crippen LogP contribution in [0.15, 0.2) is 48.5 Å². The van der Waals surface area contributed by atoms with Crippen molar-refractivity contribution in [2.24, 2.45) is 0 Å². The first-order valence-corrected chi connectivity index (χ1v) is 8.77. The Morgan fingerprint density at radius 2 is 1.69 bits per heavy atom. The van der Waals surface area contributed by atoms with Crippen LogP contribution in [-0.2, 0) is 6.18 Å². The summed E-state index contributed by atoms with van der Waals surface area (Å²) in [5.41, 5.74) is 0.852. The minimum atomic E-state index is -4.42. The molecule has 140 valence electrons. The van der Waals surface area contributed by atoms with Crippen LogP contribution >= 0.6 is 12.2 Å². The van der Waals surface area contributed by atoms with Crippen LogP contribution in [0.3, 0.4) is 0 Å². The zero-order valence-electron chi connectivity index (χ0n) is 14.7. The van der Waals surface area contributed by atoms with Crippen molar-refractivity contribution in [1.82, 2.24) is 0 Å². The number of alkyl halides is 3. The van der Waals surface area contributed by atoms with Crippen molar-refractivity contribution in [2.75, 3.05) is 29.1 Å². The molecule has 0 heterocycles. The number of nitrogens with one attached hydrogen (secondary N) is 2. The second-order valence-corrected chi connectivity index (χ2v) is 6.39. The number of hydrogen-bond acceptors (Lipinski definition) is 2. The van der Waals surface area contributed by atoms with E-state index in [4.69, 9.17) is 12.2 Å². The molecule has 2 rings (SSSR count). The zero-order valence-corrected chi connectivity index (χ0v) is 15.5. The summed E-state index contributed by atoms with van der Waals surface area (Å²) in [7, 11) is 1.79. The highest BCUT2D eigenvalue weighted by Gasteiger charge is 2.31. The number of nitrogens with zero attached hydrogens (tertiary/aromatic N) is 1. The van der Waals surface area contributed by atoms with Gasteiger partial charge in [0.05, 0.1) is 5.56 Å². The highest BCUT2D eigenvalue weighted by molar-refractivity contribution is 7.80. The number of halogens is 3. The van der Waals surface area contributed by atoms with Crippen molar-refractivity contribution in [2.45, 2.75) is 25.9 Å². The summed E-state index contributed by atoms with van der Waals surface area (Å²) in [6.07, 6.45) is -2.55. The molecule has 7 heteroatoms. The number of anilines is 3. The lowest BCUT2D eigenvalue weighted by atomic mass is 10.1. The molecule has 0 atom stereocenters. The van der Waals surface area contributed by atoms with Crippen molar-refractivity contribution in [3.8, 4) is 0 Å². The maximum atomic E-state index is 13.3. The van der Waals surface area contributed by atoms with Crippen LogP contribution in [-0.4, -0.2) is 18.7 Å². The Labute approximate surface area is 157 Å². The first-order chi connectivity index (χ1) is 12.3. The number of rotatable bonds is 6. The molecular weight excluding hydrogens is 359 g/mol. The number of para-hydroxylation sites is 1. The van der Waals surface area contributed by atoms with Crippen molar-refractivity contribution >= 4 is 34.4 Å². The van der Waals surface area contributed by atoms with E-state index in [1.807, 2.05) is 42.2 Å². The third-order valence-corrected chi connectivity index (χ3v) is 4.03. The van der Waals surface area contributed by atoms with Gasteiger partial charge in [0.15, 0.2) is 5.11 Å². The maximum Gasteiger partial charge on any atom is 0.416 e. The maximum absolute atomic E-state index is 13.3. The first kappa shape index (κ1) is 20.0. The quantitative estimate of drug-likeness (QED) is 0.623. The van der Waals surface area contributed by atoms with E-state index in [0.717, 1.165) is 30.7 Å². The lowest BCUT2D eigenvalue weighted by Crippen LogP contribution is -2.22. The molecule has 2 N–H and O–H groups in total. The van der Waals surface area contributed by atoms with Crippen LogP contribution in [0.5, 0.6) is 0 Å². The van der Waals surface area contributed by atoms with Gasteiger partial charge in [0, 0.05) is 30.7 Å². The Hall–Kier alpha value is -2.28. The van der Waals surface area contributed by atoms with Gasteiger partial charge in [-0.25, -0.2) is 0 Å². The summed E-state index contributed by atoms with van der Waals surface area (Å²) in [6, 6.07) is 13.1. The third-order valence-electron chi connectivity index (χ3n) is 3.82. The highest BCUT2D eigenvalue weighted by Crippen LogP contribution is 2.34.